The molecule has 202 valence electrons. The molecule has 0 saturated carbocycles. The first kappa shape index (κ1) is 26.3. The van der Waals surface area contributed by atoms with Crippen LogP contribution in [-0.4, -0.2) is 62.1 Å². The van der Waals surface area contributed by atoms with E-state index >= 15 is 0 Å². The summed E-state index contributed by atoms with van der Waals surface area (Å²) in [5, 5.41) is 18.6. The van der Waals surface area contributed by atoms with Crippen molar-refractivity contribution in [1.82, 2.24) is 30.0 Å². The molecule has 5 rings (SSSR count). The number of amides is 1. The van der Waals surface area contributed by atoms with Gasteiger partial charge in [0.25, 0.3) is 5.91 Å². The van der Waals surface area contributed by atoms with Gasteiger partial charge in [0.2, 0.25) is 0 Å². The Balaban J connectivity index is 1.38. The Morgan fingerprint density at radius 3 is 2.85 bits per heavy atom. The van der Waals surface area contributed by atoms with Gasteiger partial charge in [-0.25, -0.2) is 19.0 Å². The first-order chi connectivity index (χ1) is 18.9. The lowest BCUT2D eigenvalue weighted by molar-refractivity contribution is 0.0126. The largest absolute Gasteiger partial charge is 0.497 e. The van der Waals surface area contributed by atoms with Crippen LogP contribution >= 0.6 is 0 Å². The highest BCUT2D eigenvalue weighted by Gasteiger charge is 2.28. The number of anilines is 1. The molecule has 1 aliphatic heterocycles. The minimum atomic E-state index is -0.720. The summed E-state index contributed by atoms with van der Waals surface area (Å²) >= 11 is 0. The molecule has 2 aromatic heterocycles. The number of halogens is 1. The summed E-state index contributed by atoms with van der Waals surface area (Å²) in [5.41, 5.74) is 9.12. The number of aliphatic hydroxyl groups excluding tert-OH is 1. The molecule has 4 N–H and O–H groups in total. The zero-order valence-electron chi connectivity index (χ0n) is 21.5. The van der Waals surface area contributed by atoms with E-state index in [1.165, 1.54) is 37.7 Å². The van der Waals surface area contributed by atoms with Crippen molar-refractivity contribution in [2.45, 2.75) is 31.7 Å². The second kappa shape index (κ2) is 11.2. The average molecular weight is 532 g/mol. The zero-order chi connectivity index (χ0) is 27.5. The molecule has 0 radical (unpaired) electrons. The SMILES string of the molecule is C=CC(O)N1CCCC(n2nc(-c3ccc(CNC(=O)c4cc(OC)ccc4F)cc3)c3c(N)ncnc32)C1. The van der Waals surface area contributed by atoms with Crippen LogP contribution < -0.4 is 15.8 Å². The second-order valence-electron chi connectivity index (χ2n) is 9.42. The molecule has 1 amide bonds. The number of fused-ring (bicyclic) bond motifs is 1. The first-order valence-corrected chi connectivity index (χ1v) is 12.6. The molecule has 1 fully saturated rings. The topological polar surface area (TPSA) is 131 Å². The van der Waals surface area contributed by atoms with Gasteiger partial charge in [0.15, 0.2) is 5.65 Å². The number of hydrogen-bond donors (Lipinski definition) is 3. The smallest absolute Gasteiger partial charge is 0.254 e. The van der Waals surface area contributed by atoms with Crippen LogP contribution in [0.3, 0.4) is 0 Å². The van der Waals surface area contributed by atoms with E-state index < -0.39 is 18.0 Å². The van der Waals surface area contributed by atoms with Gasteiger partial charge in [-0.15, -0.1) is 0 Å². The van der Waals surface area contributed by atoms with Gasteiger partial charge in [0, 0.05) is 25.2 Å². The van der Waals surface area contributed by atoms with Gasteiger partial charge in [-0.1, -0.05) is 30.8 Å². The van der Waals surface area contributed by atoms with E-state index in [4.69, 9.17) is 15.6 Å². The Morgan fingerprint density at radius 2 is 2.10 bits per heavy atom. The molecule has 39 heavy (non-hydrogen) atoms. The van der Waals surface area contributed by atoms with E-state index in [-0.39, 0.29) is 18.2 Å². The molecule has 1 aliphatic rings. The van der Waals surface area contributed by atoms with E-state index in [1.807, 2.05) is 33.8 Å². The minimum Gasteiger partial charge on any atom is -0.497 e. The van der Waals surface area contributed by atoms with E-state index in [2.05, 4.69) is 21.9 Å². The van der Waals surface area contributed by atoms with Crippen molar-refractivity contribution < 1.29 is 19.0 Å². The third-order valence-corrected chi connectivity index (χ3v) is 6.98. The van der Waals surface area contributed by atoms with E-state index in [0.717, 1.165) is 30.5 Å². The lowest BCUT2D eigenvalue weighted by Crippen LogP contribution is -2.42. The predicted molar refractivity (Wildman–Crippen MR) is 145 cm³/mol. The van der Waals surface area contributed by atoms with Gasteiger partial charge in [0.05, 0.1) is 24.1 Å². The van der Waals surface area contributed by atoms with E-state index in [1.54, 1.807) is 0 Å². The van der Waals surface area contributed by atoms with Gasteiger partial charge in [-0.05, 0) is 42.7 Å². The van der Waals surface area contributed by atoms with Gasteiger partial charge in [-0.3, -0.25) is 9.69 Å². The van der Waals surface area contributed by atoms with Crippen LogP contribution in [0.4, 0.5) is 10.2 Å². The maximum absolute atomic E-state index is 14.1. The van der Waals surface area contributed by atoms with Gasteiger partial charge in [-0.2, -0.15) is 5.10 Å². The number of piperidine rings is 1. The number of carbonyl (C=O) groups is 1. The fourth-order valence-corrected chi connectivity index (χ4v) is 4.89. The number of aromatic nitrogens is 4. The Labute approximate surface area is 224 Å². The molecule has 2 unspecified atom stereocenters. The summed E-state index contributed by atoms with van der Waals surface area (Å²) in [5.74, 6) is -0.422. The summed E-state index contributed by atoms with van der Waals surface area (Å²) in [7, 11) is 1.46. The number of nitrogen functional groups attached to an aromatic ring is 1. The van der Waals surface area contributed by atoms with Crippen LogP contribution in [0.5, 0.6) is 5.75 Å². The summed E-state index contributed by atoms with van der Waals surface area (Å²) in [4.78, 5) is 23.2. The number of nitrogens with one attached hydrogen (secondary N) is 1. The number of ether oxygens (including phenoxy) is 1. The normalized spacial score (nSPS) is 16.6. The Bertz CT molecular complexity index is 1510. The van der Waals surface area contributed by atoms with Crippen LogP contribution in [0.2, 0.25) is 0 Å². The number of aliphatic hydroxyl groups is 1. The van der Waals surface area contributed by atoms with Crippen molar-refractivity contribution >= 4 is 22.8 Å². The predicted octanol–water partition coefficient (Wildman–Crippen LogP) is 3.29. The second-order valence-corrected chi connectivity index (χ2v) is 9.42. The van der Waals surface area contributed by atoms with Crippen molar-refractivity contribution in [1.29, 1.82) is 0 Å². The summed E-state index contributed by atoms with van der Waals surface area (Å²) < 4.78 is 21.1. The molecule has 2 atom stereocenters. The number of hydrogen-bond acceptors (Lipinski definition) is 8. The fourth-order valence-electron chi connectivity index (χ4n) is 4.89. The third kappa shape index (κ3) is 5.31. The Hall–Kier alpha value is -4.35. The maximum Gasteiger partial charge on any atom is 0.254 e. The van der Waals surface area contributed by atoms with Crippen LogP contribution in [0.15, 0.2) is 61.4 Å². The third-order valence-electron chi connectivity index (χ3n) is 6.98. The van der Waals surface area contributed by atoms with Crippen molar-refractivity contribution in [3.05, 3.63) is 78.4 Å². The molecular formula is C28H30FN7O3. The fraction of sp³-hybridized carbons (Fsp3) is 0.286. The average Bonchev–Trinajstić information content (AvgIpc) is 3.37. The quantitative estimate of drug-likeness (QED) is 0.295. The molecule has 10 nitrogen and oxygen atoms in total. The van der Waals surface area contributed by atoms with Crippen molar-refractivity contribution in [2.75, 3.05) is 25.9 Å². The number of rotatable bonds is 8. The summed E-state index contributed by atoms with van der Waals surface area (Å²) in [6, 6.07) is 11.5. The van der Waals surface area contributed by atoms with Gasteiger partial charge in [0.1, 0.15) is 35.6 Å². The molecule has 0 aliphatic carbocycles. The van der Waals surface area contributed by atoms with Gasteiger partial charge < -0.3 is 20.9 Å². The lowest BCUT2D eigenvalue weighted by atomic mass is 10.1. The molecule has 3 heterocycles. The van der Waals surface area contributed by atoms with Crippen molar-refractivity contribution in [3.63, 3.8) is 0 Å². The molecule has 0 spiro atoms. The first-order valence-electron chi connectivity index (χ1n) is 12.6. The highest BCUT2D eigenvalue weighted by molar-refractivity contribution is 5.98. The molecule has 4 aromatic rings. The summed E-state index contributed by atoms with van der Waals surface area (Å²) in [6.07, 6.45) is 4.00. The minimum absolute atomic E-state index is 0.00890. The maximum atomic E-state index is 14.1. The highest BCUT2D eigenvalue weighted by Crippen LogP contribution is 2.34. The van der Waals surface area contributed by atoms with Crippen LogP contribution in [0.25, 0.3) is 22.3 Å². The van der Waals surface area contributed by atoms with E-state index in [0.29, 0.717) is 34.8 Å². The highest BCUT2D eigenvalue weighted by atomic mass is 19.1. The summed E-state index contributed by atoms with van der Waals surface area (Å²) in [6.45, 7) is 5.28. The number of nitrogens with two attached hydrogens (primary N) is 1. The molecular weight excluding hydrogens is 501 g/mol. The number of methoxy groups -OCH3 is 1. The van der Waals surface area contributed by atoms with Crippen LogP contribution in [0, 0.1) is 5.82 Å². The number of benzene rings is 2. The lowest BCUT2D eigenvalue weighted by Gasteiger charge is -2.34. The van der Waals surface area contributed by atoms with Crippen molar-refractivity contribution in [3.8, 4) is 17.0 Å². The monoisotopic (exact) mass is 531 g/mol. The molecule has 1 saturated heterocycles. The van der Waals surface area contributed by atoms with Gasteiger partial charge >= 0.3 is 0 Å². The molecule has 2 aromatic carbocycles. The standard InChI is InChI=1S/C28H30FN7O3/c1-3-23(37)35-12-4-5-19(15-35)36-27-24(26(30)32-16-33-27)25(34-36)18-8-6-17(7-9-18)14-31-28(38)21-13-20(39-2)10-11-22(21)29/h3,6-11,13,16,19,23,37H,1,4-5,12,14-15H2,2H3,(H,31,38)(H2,30,32,33). The molecule has 0 bridgehead atoms. The van der Waals surface area contributed by atoms with Crippen LogP contribution in [-0.2, 0) is 6.54 Å². The zero-order valence-corrected chi connectivity index (χ0v) is 21.5. The van der Waals surface area contributed by atoms with E-state index in [9.17, 15) is 14.3 Å². The number of carbonyl (C=O) groups excluding carboxylic acids is 1. The van der Waals surface area contributed by atoms with Crippen molar-refractivity contribution in [2.24, 2.45) is 0 Å². The van der Waals surface area contributed by atoms with Crippen LogP contribution in [0.1, 0.15) is 34.8 Å². The Morgan fingerprint density at radius 1 is 1.31 bits per heavy atom. The Kier molecular flexibility index (Phi) is 7.53. The molecule has 11 heteroatoms. The number of nitrogens with zero attached hydrogens (tertiary/aromatic N) is 5. The number of likely N-dealkylation sites (tertiary alicyclic amines) is 1.